The molecule has 0 unspecified atom stereocenters. The Labute approximate surface area is 86.6 Å². The molecule has 8 heteroatoms. The second-order valence-electron chi connectivity index (χ2n) is 1.79. The summed E-state index contributed by atoms with van der Waals surface area (Å²) in [5.74, 6) is 0. The first-order chi connectivity index (χ1) is 6.39. The molecule has 0 saturated carbocycles. The number of nitrogens with one attached hydrogen (secondary N) is 1. The highest BCUT2D eigenvalue weighted by Crippen LogP contribution is 2.06. The number of nitrogens with zero attached hydrogens (tertiary/aromatic N) is 1. The van der Waals surface area contributed by atoms with E-state index in [1.54, 1.807) is 0 Å². The normalized spacial score (nSPS) is 8.79. The lowest BCUT2D eigenvalue weighted by molar-refractivity contribution is -0.175. The van der Waals surface area contributed by atoms with Gasteiger partial charge in [-0.15, -0.1) is 0 Å². The monoisotopic (exact) mass is 272 g/mol. The quantitative estimate of drug-likeness (QED) is 0.438. The maximum absolute atomic E-state index is 9.75. The molecular weight excluding hydrogens is 267 g/mol. The number of hydrogen-bond acceptors (Lipinski definition) is 1. The van der Waals surface area contributed by atoms with Crippen LogP contribution in [-0.2, 0) is 0 Å². The number of halogens is 5. The van der Waals surface area contributed by atoms with E-state index in [-0.39, 0.29) is 0 Å². The average Bonchev–Trinajstić information content (AvgIpc) is 2.06. The van der Waals surface area contributed by atoms with Gasteiger partial charge in [-0.05, 0) is 12.1 Å². The van der Waals surface area contributed by atoms with Gasteiger partial charge in [-0.2, -0.15) is 0 Å². The molecule has 0 amide bonds. The maximum Gasteiger partial charge on any atom is 0.673 e. The van der Waals surface area contributed by atoms with Gasteiger partial charge >= 0.3 is 7.25 Å². The second-order valence-corrected chi connectivity index (χ2v) is 2.71. The first-order valence-electron chi connectivity index (χ1n) is 3.20. The number of diazo groups is 1. The zero-order chi connectivity index (χ0) is 11.6. The van der Waals surface area contributed by atoms with E-state index in [1.165, 1.54) is 0 Å². The van der Waals surface area contributed by atoms with Crippen molar-refractivity contribution in [1.29, 1.82) is 5.39 Å². The van der Waals surface area contributed by atoms with Gasteiger partial charge in [-0.3, -0.25) is 0 Å². The summed E-state index contributed by atoms with van der Waals surface area (Å²) >= 11 is 3.31. The Balaban J connectivity index is 0. The summed E-state index contributed by atoms with van der Waals surface area (Å²) in [5, 5.41) is 11.0. The van der Waals surface area contributed by atoms with Crippen LogP contribution in [0.25, 0.3) is 0 Å². The minimum absolute atomic E-state index is 1.13. The molecule has 1 aromatic carbocycles. The van der Waals surface area contributed by atoms with Crippen LogP contribution < -0.4 is 5.39 Å². The zero-order valence-corrected chi connectivity index (χ0v) is 8.39. The van der Waals surface area contributed by atoms with E-state index in [2.05, 4.69) is 15.9 Å². The van der Waals surface area contributed by atoms with Gasteiger partial charge < -0.3 is 17.3 Å². The first-order valence-corrected chi connectivity index (χ1v) is 3.99. The molecule has 0 atom stereocenters. The van der Waals surface area contributed by atoms with Gasteiger partial charge in [0.25, 0.3) is 0 Å². The van der Waals surface area contributed by atoms with Crippen molar-refractivity contribution >= 4 is 23.2 Å². The van der Waals surface area contributed by atoms with E-state index in [0.717, 1.165) is 4.47 Å². The van der Waals surface area contributed by atoms with Gasteiger partial charge in [0.1, 0.15) is 0 Å². The van der Waals surface area contributed by atoms with E-state index in [0.29, 0.717) is 0 Å². The van der Waals surface area contributed by atoms with Gasteiger partial charge in [-0.25, -0.2) is 0 Å². The SMILES string of the molecule is Brc1ccccc1.F[B-](F)(F)F.N#[NH+]. The van der Waals surface area contributed by atoms with Crippen LogP contribution in [0.15, 0.2) is 34.8 Å². The zero-order valence-electron chi connectivity index (χ0n) is 6.80. The lowest BCUT2D eigenvalue weighted by Crippen LogP contribution is -2.11. The largest absolute Gasteiger partial charge is 0.673 e. The van der Waals surface area contributed by atoms with Crippen molar-refractivity contribution in [2.24, 2.45) is 0 Å². The summed E-state index contributed by atoms with van der Waals surface area (Å²) in [7, 11) is -6.00. The molecule has 0 aliphatic heterocycles. The van der Waals surface area contributed by atoms with Crippen LogP contribution in [0.3, 0.4) is 0 Å². The Bertz CT molecular complexity index is 245. The fourth-order valence-corrected chi connectivity index (χ4v) is 0.720. The molecule has 0 aromatic heterocycles. The fraction of sp³-hybridized carbons (Fsp3) is 0. The minimum atomic E-state index is -6.00. The number of rotatable bonds is 0. The predicted molar refractivity (Wildman–Crippen MR) is 47.0 cm³/mol. The van der Waals surface area contributed by atoms with E-state index in [1.807, 2.05) is 30.3 Å². The van der Waals surface area contributed by atoms with Crippen LogP contribution in [-0.4, -0.2) is 7.25 Å². The third-order valence-electron chi connectivity index (χ3n) is 0.733. The maximum atomic E-state index is 9.75. The van der Waals surface area contributed by atoms with Gasteiger partial charge in [0, 0.05) is 4.47 Å². The minimum Gasteiger partial charge on any atom is -0.418 e. The Kier molecular flexibility index (Phi) is 9.34. The molecule has 1 aromatic rings. The highest BCUT2D eigenvalue weighted by Gasteiger charge is 2.20. The Morgan fingerprint density at radius 3 is 1.43 bits per heavy atom. The van der Waals surface area contributed by atoms with E-state index < -0.39 is 7.25 Å². The van der Waals surface area contributed by atoms with Crippen LogP contribution in [0.5, 0.6) is 0 Å². The van der Waals surface area contributed by atoms with Crippen molar-refractivity contribution in [3.8, 4) is 0 Å². The van der Waals surface area contributed by atoms with Gasteiger partial charge in [-0.1, -0.05) is 34.1 Å². The lowest BCUT2D eigenvalue weighted by atomic mass is 10.3. The smallest absolute Gasteiger partial charge is 0.418 e. The van der Waals surface area contributed by atoms with Crippen molar-refractivity contribution in [3.63, 3.8) is 0 Å². The van der Waals surface area contributed by atoms with Gasteiger partial charge in [0.15, 0.2) is 0 Å². The summed E-state index contributed by atoms with van der Waals surface area (Å²) in [4.78, 5) is 0. The van der Waals surface area contributed by atoms with Crippen molar-refractivity contribution < 1.29 is 22.7 Å². The highest BCUT2D eigenvalue weighted by atomic mass is 79.9. The number of hydrogen-bond donors (Lipinski definition) is 1. The standard InChI is InChI=1S/C6H5Br.BF4.N2/c7-6-4-2-1-3-5-6;2-1(3,4)5;1-2/h1-5H;;/q;-1;/p+1. The molecule has 0 saturated heterocycles. The molecule has 0 aliphatic carbocycles. The van der Waals surface area contributed by atoms with Crippen molar-refractivity contribution in [2.75, 3.05) is 0 Å². The second kappa shape index (κ2) is 8.50. The highest BCUT2D eigenvalue weighted by molar-refractivity contribution is 9.10. The molecule has 0 aliphatic rings. The van der Waals surface area contributed by atoms with E-state index in [9.17, 15) is 17.3 Å². The summed E-state index contributed by atoms with van der Waals surface area (Å²) < 4.78 is 40.1. The topological polar surface area (TPSA) is 47.6 Å². The molecule has 2 nitrogen and oxygen atoms in total. The van der Waals surface area contributed by atoms with Crippen LogP contribution in [0, 0.1) is 5.39 Å². The first kappa shape index (κ1) is 15.4. The van der Waals surface area contributed by atoms with E-state index >= 15 is 0 Å². The van der Waals surface area contributed by atoms with E-state index in [4.69, 9.17) is 10.8 Å². The molecule has 1 rings (SSSR count). The average molecular weight is 273 g/mol. The molecule has 78 valence electrons. The third-order valence-corrected chi connectivity index (χ3v) is 1.26. The summed E-state index contributed by atoms with van der Waals surface area (Å²) in [6.07, 6.45) is 0. The van der Waals surface area contributed by atoms with Crippen molar-refractivity contribution in [1.82, 2.24) is 0 Å². The fourth-order valence-electron chi connectivity index (χ4n) is 0.415. The van der Waals surface area contributed by atoms with Crippen LogP contribution in [0.4, 0.5) is 17.3 Å². The Morgan fingerprint density at radius 1 is 1.00 bits per heavy atom. The molecule has 0 spiro atoms. The summed E-state index contributed by atoms with van der Waals surface area (Å²) in [6, 6.07) is 9.97. The summed E-state index contributed by atoms with van der Waals surface area (Å²) in [5.41, 5.74) is 0. The van der Waals surface area contributed by atoms with Crippen LogP contribution in [0.1, 0.15) is 0 Å². The van der Waals surface area contributed by atoms with Crippen molar-refractivity contribution in [3.05, 3.63) is 34.8 Å². The molecule has 14 heavy (non-hydrogen) atoms. The van der Waals surface area contributed by atoms with Crippen molar-refractivity contribution in [2.45, 2.75) is 0 Å². The molecule has 0 bridgehead atoms. The number of benzene rings is 1. The summed E-state index contributed by atoms with van der Waals surface area (Å²) in [6.45, 7) is 0. The van der Waals surface area contributed by atoms with Crippen LogP contribution >= 0.6 is 15.9 Å². The van der Waals surface area contributed by atoms with Gasteiger partial charge in [0.05, 0.1) is 5.39 Å². The van der Waals surface area contributed by atoms with Gasteiger partial charge in [0.2, 0.25) is 5.39 Å². The molecule has 0 radical (unpaired) electrons. The molecular formula is C6H6BBrF4N2. The molecule has 0 fully saturated rings. The Morgan fingerprint density at radius 2 is 1.29 bits per heavy atom. The van der Waals surface area contributed by atoms with Crippen LogP contribution in [0.2, 0.25) is 0 Å². The third kappa shape index (κ3) is 22.4. The molecule has 1 N–H and O–H groups in total. The predicted octanol–water partition coefficient (Wildman–Crippen LogP) is 2.03. The lowest BCUT2D eigenvalue weighted by Gasteiger charge is -1.94. The molecule has 0 heterocycles. The Hall–Kier alpha value is -1.10.